The molecule has 24 heavy (non-hydrogen) atoms. The number of carbonyl (C=O) groups is 1. The zero-order chi connectivity index (χ0) is 17.2. The van der Waals surface area contributed by atoms with E-state index in [0.29, 0.717) is 6.54 Å². The molecule has 1 spiro atoms. The number of likely N-dealkylation sites (tertiary alicyclic amines) is 2. The molecule has 6 nitrogen and oxygen atoms in total. The molecule has 0 saturated carbocycles. The summed E-state index contributed by atoms with van der Waals surface area (Å²) in [6.45, 7) is 3.93. The molecule has 0 radical (unpaired) electrons. The van der Waals surface area contributed by atoms with E-state index in [9.17, 15) is 4.79 Å². The standard InChI is InChI=1S/C18H28N4O2/c1-20(2)16-5-4-15(12-19-16)13-21-9-7-18(14-21)6-3-8-22(10-11-23)17(18)24/h4-5,12,23H,3,6-11,13-14H2,1-2H3/t18-/m0/s1. The monoisotopic (exact) mass is 332 g/mol. The summed E-state index contributed by atoms with van der Waals surface area (Å²) in [4.78, 5) is 23.5. The first-order valence-corrected chi connectivity index (χ1v) is 8.79. The fourth-order valence-corrected chi connectivity index (χ4v) is 3.99. The van der Waals surface area contributed by atoms with E-state index >= 15 is 0 Å². The van der Waals surface area contributed by atoms with Crippen LogP contribution in [-0.2, 0) is 11.3 Å². The summed E-state index contributed by atoms with van der Waals surface area (Å²) >= 11 is 0. The van der Waals surface area contributed by atoms with E-state index in [0.717, 1.165) is 51.3 Å². The van der Waals surface area contributed by atoms with E-state index < -0.39 is 0 Å². The minimum absolute atomic E-state index is 0.0510. The number of nitrogens with zero attached hydrogens (tertiary/aromatic N) is 4. The van der Waals surface area contributed by atoms with Gasteiger partial charge in [0.1, 0.15) is 5.82 Å². The van der Waals surface area contributed by atoms with Gasteiger partial charge in [-0.05, 0) is 37.4 Å². The van der Waals surface area contributed by atoms with Gasteiger partial charge in [0.2, 0.25) is 5.91 Å². The highest BCUT2D eigenvalue weighted by Gasteiger charge is 2.47. The maximum absolute atomic E-state index is 12.8. The lowest BCUT2D eigenvalue weighted by Gasteiger charge is -2.39. The normalized spacial score (nSPS) is 24.8. The molecule has 1 N–H and O–H groups in total. The van der Waals surface area contributed by atoms with Crippen molar-refractivity contribution in [2.45, 2.75) is 25.8 Å². The third-order valence-corrected chi connectivity index (χ3v) is 5.30. The molecule has 2 aliphatic rings. The lowest BCUT2D eigenvalue weighted by Crippen LogP contribution is -2.50. The molecule has 2 fully saturated rings. The maximum atomic E-state index is 12.8. The number of anilines is 1. The fourth-order valence-electron chi connectivity index (χ4n) is 3.99. The summed E-state index contributed by atoms with van der Waals surface area (Å²) < 4.78 is 0. The van der Waals surface area contributed by atoms with Crippen molar-refractivity contribution in [1.82, 2.24) is 14.8 Å². The van der Waals surface area contributed by atoms with Crippen LogP contribution in [0.4, 0.5) is 5.82 Å². The summed E-state index contributed by atoms with van der Waals surface area (Å²) in [5.41, 5.74) is 0.956. The highest BCUT2D eigenvalue weighted by atomic mass is 16.3. The van der Waals surface area contributed by atoms with Gasteiger partial charge in [0.05, 0.1) is 12.0 Å². The molecule has 1 amide bonds. The summed E-state index contributed by atoms with van der Waals surface area (Å²) in [6.07, 6.45) is 4.87. The third kappa shape index (κ3) is 3.39. The molecule has 3 rings (SSSR count). The van der Waals surface area contributed by atoms with Crippen molar-refractivity contribution in [1.29, 1.82) is 0 Å². The Hall–Kier alpha value is -1.66. The van der Waals surface area contributed by atoms with Gasteiger partial charge in [0, 0.05) is 46.5 Å². The van der Waals surface area contributed by atoms with Crippen LogP contribution < -0.4 is 4.90 Å². The van der Waals surface area contributed by atoms with E-state index in [1.54, 1.807) is 0 Å². The van der Waals surface area contributed by atoms with Gasteiger partial charge in [-0.3, -0.25) is 9.69 Å². The Morgan fingerprint density at radius 3 is 2.79 bits per heavy atom. The Morgan fingerprint density at radius 2 is 2.12 bits per heavy atom. The molecule has 0 bridgehead atoms. The van der Waals surface area contributed by atoms with Crippen LogP contribution in [0.3, 0.4) is 0 Å². The number of hydrogen-bond donors (Lipinski definition) is 1. The van der Waals surface area contributed by atoms with Crippen molar-refractivity contribution < 1.29 is 9.90 Å². The third-order valence-electron chi connectivity index (χ3n) is 5.30. The molecule has 0 aliphatic carbocycles. The van der Waals surface area contributed by atoms with E-state index in [-0.39, 0.29) is 17.9 Å². The zero-order valence-electron chi connectivity index (χ0n) is 14.7. The van der Waals surface area contributed by atoms with Gasteiger partial charge < -0.3 is 14.9 Å². The second kappa shape index (κ2) is 7.07. The van der Waals surface area contributed by atoms with Crippen molar-refractivity contribution in [2.75, 3.05) is 51.8 Å². The molecule has 1 aromatic heterocycles. The summed E-state index contributed by atoms with van der Waals surface area (Å²) in [6, 6.07) is 4.16. The van der Waals surface area contributed by atoms with Crippen LogP contribution in [0.2, 0.25) is 0 Å². The van der Waals surface area contributed by atoms with Crippen LogP contribution in [0, 0.1) is 5.41 Å². The van der Waals surface area contributed by atoms with Crippen LogP contribution in [0.5, 0.6) is 0 Å². The van der Waals surface area contributed by atoms with Gasteiger partial charge >= 0.3 is 0 Å². The largest absolute Gasteiger partial charge is 0.395 e. The number of amides is 1. The molecule has 1 aromatic rings. The van der Waals surface area contributed by atoms with Crippen molar-refractivity contribution in [3.05, 3.63) is 23.9 Å². The Kier molecular flexibility index (Phi) is 5.06. The van der Waals surface area contributed by atoms with Crippen LogP contribution in [0.1, 0.15) is 24.8 Å². The van der Waals surface area contributed by atoms with Crippen molar-refractivity contribution in [3.8, 4) is 0 Å². The number of carbonyl (C=O) groups excluding carboxylic acids is 1. The molecular formula is C18H28N4O2. The van der Waals surface area contributed by atoms with Gasteiger partial charge in [-0.15, -0.1) is 0 Å². The lowest BCUT2D eigenvalue weighted by molar-refractivity contribution is -0.146. The SMILES string of the molecule is CN(C)c1ccc(CN2CC[C@@]3(CCCN(CCO)C3=O)C2)cn1. The molecule has 2 saturated heterocycles. The number of β-amino-alcohol motifs (C(OH)–C–C–N with tert-alkyl or cyclic N) is 1. The summed E-state index contributed by atoms with van der Waals surface area (Å²) in [7, 11) is 3.97. The second-order valence-electron chi connectivity index (χ2n) is 7.28. The number of aromatic nitrogens is 1. The van der Waals surface area contributed by atoms with Crippen LogP contribution in [0.25, 0.3) is 0 Å². The van der Waals surface area contributed by atoms with Crippen LogP contribution in [0.15, 0.2) is 18.3 Å². The molecule has 0 aromatic carbocycles. The Balaban J connectivity index is 1.63. The first-order valence-electron chi connectivity index (χ1n) is 8.79. The summed E-state index contributed by atoms with van der Waals surface area (Å²) in [5.74, 6) is 1.20. The highest BCUT2D eigenvalue weighted by Crippen LogP contribution is 2.40. The topological polar surface area (TPSA) is 59.9 Å². The van der Waals surface area contributed by atoms with E-state index in [1.165, 1.54) is 5.56 Å². The predicted molar refractivity (Wildman–Crippen MR) is 93.8 cm³/mol. The average Bonchev–Trinajstić information content (AvgIpc) is 2.96. The smallest absolute Gasteiger partial charge is 0.230 e. The quantitative estimate of drug-likeness (QED) is 0.870. The van der Waals surface area contributed by atoms with E-state index in [2.05, 4.69) is 16.0 Å². The molecule has 6 heteroatoms. The first-order chi connectivity index (χ1) is 11.5. The number of aliphatic hydroxyl groups is 1. The highest BCUT2D eigenvalue weighted by molar-refractivity contribution is 5.84. The Labute approximate surface area is 144 Å². The lowest BCUT2D eigenvalue weighted by atomic mass is 9.78. The van der Waals surface area contributed by atoms with Gasteiger partial charge in [-0.25, -0.2) is 4.98 Å². The molecule has 3 heterocycles. The molecular weight excluding hydrogens is 304 g/mol. The van der Waals surface area contributed by atoms with Crippen LogP contribution in [-0.4, -0.2) is 72.7 Å². The molecule has 2 aliphatic heterocycles. The first kappa shape index (κ1) is 17.2. The van der Waals surface area contributed by atoms with Crippen molar-refractivity contribution in [3.63, 3.8) is 0 Å². The van der Waals surface area contributed by atoms with Gasteiger partial charge in [-0.1, -0.05) is 6.07 Å². The molecule has 132 valence electrons. The van der Waals surface area contributed by atoms with Gasteiger partial charge in [-0.2, -0.15) is 0 Å². The number of piperidine rings is 1. The Bertz CT molecular complexity index is 573. The second-order valence-corrected chi connectivity index (χ2v) is 7.28. The zero-order valence-corrected chi connectivity index (χ0v) is 14.7. The van der Waals surface area contributed by atoms with Crippen molar-refractivity contribution in [2.24, 2.45) is 5.41 Å². The maximum Gasteiger partial charge on any atom is 0.230 e. The number of hydrogen-bond acceptors (Lipinski definition) is 5. The minimum atomic E-state index is -0.232. The van der Waals surface area contributed by atoms with E-state index in [4.69, 9.17) is 5.11 Å². The predicted octanol–water partition coefficient (Wildman–Crippen LogP) is 0.954. The molecule has 0 unspecified atom stereocenters. The average molecular weight is 332 g/mol. The molecule has 1 atom stereocenters. The fraction of sp³-hybridized carbons (Fsp3) is 0.667. The van der Waals surface area contributed by atoms with Gasteiger partial charge in [0.15, 0.2) is 0 Å². The minimum Gasteiger partial charge on any atom is -0.395 e. The Morgan fingerprint density at radius 1 is 1.29 bits per heavy atom. The van der Waals surface area contributed by atoms with E-state index in [1.807, 2.05) is 36.2 Å². The van der Waals surface area contributed by atoms with Crippen LogP contribution >= 0.6 is 0 Å². The number of rotatable bonds is 5. The number of pyridine rings is 1. The number of aliphatic hydroxyl groups excluding tert-OH is 1. The van der Waals surface area contributed by atoms with Gasteiger partial charge in [0.25, 0.3) is 0 Å². The van der Waals surface area contributed by atoms with Crippen molar-refractivity contribution >= 4 is 11.7 Å². The summed E-state index contributed by atoms with van der Waals surface area (Å²) in [5, 5.41) is 9.16.